The molecule has 0 fully saturated rings. The first-order chi connectivity index (χ1) is 12.3. The summed E-state index contributed by atoms with van der Waals surface area (Å²) in [6.07, 6.45) is 2.71. The third-order valence-corrected chi connectivity index (χ3v) is 5.54. The number of fused-ring (bicyclic) bond motifs is 1. The molecule has 0 atom stereocenters. The van der Waals surface area contributed by atoms with Crippen LogP contribution in [-0.2, 0) is 29.4 Å². The van der Waals surface area contributed by atoms with Crippen LogP contribution in [0.5, 0.6) is 0 Å². The van der Waals surface area contributed by atoms with Gasteiger partial charge in [-0.15, -0.1) is 0 Å². The second kappa shape index (κ2) is 7.28. The van der Waals surface area contributed by atoms with Crippen LogP contribution in [0.3, 0.4) is 0 Å². The summed E-state index contributed by atoms with van der Waals surface area (Å²) in [6, 6.07) is 6.89. The van der Waals surface area contributed by atoms with Crippen LogP contribution in [0.4, 0.5) is 4.79 Å². The fourth-order valence-corrected chi connectivity index (χ4v) is 3.74. The van der Waals surface area contributed by atoms with Gasteiger partial charge < -0.3 is 5.32 Å². The summed E-state index contributed by atoms with van der Waals surface area (Å²) in [7, 11) is -3.93. The Kier molecular flexibility index (Phi) is 5.08. The van der Waals surface area contributed by atoms with E-state index < -0.39 is 16.1 Å². The summed E-state index contributed by atoms with van der Waals surface area (Å²) >= 11 is 0. The molecule has 0 unspecified atom stereocenters. The maximum atomic E-state index is 12.1. The number of benzene rings is 1. The number of urea groups is 1. The minimum Gasteiger partial charge on any atom is -0.335 e. The van der Waals surface area contributed by atoms with E-state index in [4.69, 9.17) is 0 Å². The van der Waals surface area contributed by atoms with E-state index in [0.29, 0.717) is 0 Å². The number of aryl methyl sites for hydroxylation is 3. The summed E-state index contributed by atoms with van der Waals surface area (Å²) < 4.78 is 27.5. The second-order valence-electron chi connectivity index (χ2n) is 6.21. The lowest BCUT2D eigenvalue weighted by Gasteiger charge is -2.10. The number of hydrogen-bond acceptors (Lipinski definition) is 5. The van der Waals surface area contributed by atoms with E-state index in [1.165, 1.54) is 16.8 Å². The van der Waals surface area contributed by atoms with Gasteiger partial charge in [0.05, 0.1) is 17.1 Å². The number of hydrogen-bond donors (Lipinski definition) is 2. The lowest BCUT2D eigenvalue weighted by atomic mass is 10.2. The standard InChI is InChI=1S/C17H20N4O4S/c1-12-5-7-14(8-6-12)26(24,25)20-17(23)18-9-10-21-16(22)11-13-3-2-4-15(13)19-21/h5-8,11H,2-4,9-10H2,1H3,(H2,18,20,23). The number of sulfonamides is 1. The molecule has 26 heavy (non-hydrogen) atoms. The van der Waals surface area contributed by atoms with E-state index in [1.807, 2.05) is 11.6 Å². The molecule has 1 aliphatic rings. The molecular formula is C17H20N4O4S. The quantitative estimate of drug-likeness (QED) is 0.799. The van der Waals surface area contributed by atoms with Crippen LogP contribution in [-0.4, -0.2) is 30.8 Å². The first-order valence-electron chi connectivity index (χ1n) is 8.32. The first kappa shape index (κ1) is 18.1. The summed E-state index contributed by atoms with van der Waals surface area (Å²) in [6.45, 7) is 2.09. The molecule has 0 radical (unpaired) electrons. The summed E-state index contributed by atoms with van der Waals surface area (Å²) in [5, 5.41) is 6.73. The van der Waals surface area contributed by atoms with Gasteiger partial charge in [-0.3, -0.25) is 4.79 Å². The van der Waals surface area contributed by atoms with Crippen molar-refractivity contribution in [2.24, 2.45) is 0 Å². The molecule has 0 saturated heterocycles. The Morgan fingerprint density at radius 1 is 1.23 bits per heavy atom. The predicted molar refractivity (Wildman–Crippen MR) is 95.4 cm³/mol. The second-order valence-corrected chi connectivity index (χ2v) is 7.89. The Morgan fingerprint density at radius 2 is 1.96 bits per heavy atom. The number of carbonyl (C=O) groups excluding carboxylic acids is 1. The van der Waals surface area contributed by atoms with Crippen molar-refractivity contribution in [3.8, 4) is 0 Å². The van der Waals surface area contributed by atoms with Crippen molar-refractivity contribution in [1.82, 2.24) is 19.8 Å². The fraction of sp³-hybridized carbons (Fsp3) is 0.353. The van der Waals surface area contributed by atoms with Gasteiger partial charge in [0.1, 0.15) is 0 Å². The topological polar surface area (TPSA) is 110 Å². The molecule has 0 bridgehead atoms. The Bertz CT molecular complexity index is 981. The molecule has 0 spiro atoms. The molecule has 1 aromatic carbocycles. The highest BCUT2D eigenvalue weighted by atomic mass is 32.2. The van der Waals surface area contributed by atoms with Crippen molar-refractivity contribution in [2.45, 2.75) is 37.6 Å². The highest BCUT2D eigenvalue weighted by Gasteiger charge is 2.17. The predicted octanol–water partition coefficient (Wildman–Crippen LogP) is 0.729. The summed E-state index contributed by atoms with van der Waals surface area (Å²) in [4.78, 5) is 23.8. The Hall–Kier alpha value is -2.68. The van der Waals surface area contributed by atoms with Crippen molar-refractivity contribution < 1.29 is 13.2 Å². The monoisotopic (exact) mass is 376 g/mol. The number of amides is 2. The minimum absolute atomic E-state index is 0.00904. The molecule has 2 amide bonds. The molecule has 1 heterocycles. The van der Waals surface area contributed by atoms with Gasteiger partial charge in [0.2, 0.25) is 0 Å². The smallest absolute Gasteiger partial charge is 0.328 e. The van der Waals surface area contributed by atoms with E-state index in [0.717, 1.165) is 36.1 Å². The highest BCUT2D eigenvalue weighted by Crippen LogP contribution is 2.16. The Labute approximate surface area is 151 Å². The third kappa shape index (κ3) is 4.10. The van der Waals surface area contributed by atoms with Crippen LogP contribution < -0.4 is 15.6 Å². The number of carbonyl (C=O) groups is 1. The van der Waals surface area contributed by atoms with Crippen LogP contribution in [0.15, 0.2) is 40.0 Å². The molecule has 1 aromatic heterocycles. The van der Waals surface area contributed by atoms with Gasteiger partial charge in [0.15, 0.2) is 0 Å². The van der Waals surface area contributed by atoms with Gasteiger partial charge in [-0.2, -0.15) is 5.10 Å². The maximum absolute atomic E-state index is 12.1. The molecule has 138 valence electrons. The SMILES string of the molecule is Cc1ccc(S(=O)(=O)NC(=O)NCCn2nc3c(cc2=O)CCC3)cc1. The third-order valence-electron chi connectivity index (χ3n) is 4.19. The molecule has 2 N–H and O–H groups in total. The van der Waals surface area contributed by atoms with E-state index in [2.05, 4.69) is 10.4 Å². The molecular weight excluding hydrogens is 356 g/mol. The van der Waals surface area contributed by atoms with E-state index in [-0.39, 0.29) is 23.5 Å². The molecule has 0 aliphatic heterocycles. The highest BCUT2D eigenvalue weighted by molar-refractivity contribution is 7.90. The van der Waals surface area contributed by atoms with Crippen LogP contribution >= 0.6 is 0 Å². The molecule has 2 aromatic rings. The minimum atomic E-state index is -3.93. The normalized spacial score (nSPS) is 13.3. The zero-order chi connectivity index (χ0) is 18.7. The van der Waals surface area contributed by atoms with Crippen molar-refractivity contribution in [1.29, 1.82) is 0 Å². The average molecular weight is 376 g/mol. The summed E-state index contributed by atoms with van der Waals surface area (Å²) in [5.74, 6) is 0. The number of aromatic nitrogens is 2. The lowest BCUT2D eigenvalue weighted by molar-refractivity contribution is 0.245. The van der Waals surface area contributed by atoms with Crippen LogP contribution in [0.25, 0.3) is 0 Å². The van der Waals surface area contributed by atoms with E-state index in [9.17, 15) is 18.0 Å². The van der Waals surface area contributed by atoms with Crippen LogP contribution in [0, 0.1) is 6.92 Å². The van der Waals surface area contributed by atoms with Gasteiger partial charge in [-0.05, 0) is 43.9 Å². The zero-order valence-corrected chi connectivity index (χ0v) is 15.2. The Balaban J connectivity index is 1.56. The van der Waals surface area contributed by atoms with Crippen molar-refractivity contribution in [3.05, 3.63) is 57.5 Å². The van der Waals surface area contributed by atoms with Crippen LogP contribution in [0.2, 0.25) is 0 Å². The number of nitrogens with one attached hydrogen (secondary N) is 2. The molecule has 3 rings (SSSR count). The zero-order valence-electron chi connectivity index (χ0n) is 14.4. The lowest BCUT2D eigenvalue weighted by Crippen LogP contribution is -2.41. The number of rotatable bonds is 5. The average Bonchev–Trinajstić information content (AvgIpc) is 3.02. The van der Waals surface area contributed by atoms with E-state index >= 15 is 0 Å². The maximum Gasteiger partial charge on any atom is 0.328 e. The van der Waals surface area contributed by atoms with Crippen molar-refractivity contribution in [3.63, 3.8) is 0 Å². The molecule has 0 saturated carbocycles. The van der Waals surface area contributed by atoms with Gasteiger partial charge in [-0.1, -0.05) is 17.7 Å². The molecule has 9 heteroatoms. The molecule has 8 nitrogen and oxygen atoms in total. The van der Waals surface area contributed by atoms with Gasteiger partial charge in [0.25, 0.3) is 15.6 Å². The van der Waals surface area contributed by atoms with Crippen LogP contribution in [0.1, 0.15) is 23.2 Å². The van der Waals surface area contributed by atoms with Gasteiger partial charge in [-0.25, -0.2) is 22.6 Å². The van der Waals surface area contributed by atoms with Crippen molar-refractivity contribution >= 4 is 16.1 Å². The fourth-order valence-electron chi connectivity index (χ4n) is 2.81. The first-order valence-corrected chi connectivity index (χ1v) is 9.81. The van der Waals surface area contributed by atoms with Gasteiger partial charge >= 0.3 is 6.03 Å². The summed E-state index contributed by atoms with van der Waals surface area (Å²) in [5.41, 5.74) is 2.60. The molecule has 1 aliphatic carbocycles. The number of nitrogens with zero attached hydrogens (tertiary/aromatic N) is 2. The van der Waals surface area contributed by atoms with Crippen molar-refractivity contribution in [2.75, 3.05) is 6.54 Å². The largest absolute Gasteiger partial charge is 0.335 e. The van der Waals surface area contributed by atoms with Gasteiger partial charge in [0, 0.05) is 12.6 Å². The van der Waals surface area contributed by atoms with E-state index in [1.54, 1.807) is 18.2 Å². The Morgan fingerprint density at radius 3 is 2.69 bits per heavy atom.